The number of thiazole rings is 1. The second kappa shape index (κ2) is 4.23. The lowest BCUT2D eigenvalue weighted by atomic mass is 10.2. The predicted molar refractivity (Wildman–Crippen MR) is 60.1 cm³/mol. The Morgan fingerprint density at radius 2 is 2.00 bits per heavy atom. The van der Waals surface area contributed by atoms with Crippen LogP contribution < -0.4 is 5.73 Å². The summed E-state index contributed by atoms with van der Waals surface area (Å²) < 4.78 is 1.17. The van der Waals surface area contributed by atoms with Crippen LogP contribution in [0.2, 0.25) is 0 Å². The van der Waals surface area contributed by atoms with Gasteiger partial charge in [-0.1, -0.05) is 31.3 Å². The largest absolute Gasteiger partial charge is 0.375 e. The molecule has 2 aromatic rings. The molecule has 2 rings (SSSR count). The number of hydrogen-bond acceptors (Lipinski definition) is 3. The molecule has 0 aliphatic heterocycles. The van der Waals surface area contributed by atoms with Gasteiger partial charge in [0, 0.05) is 0 Å². The van der Waals surface area contributed by atoms with Crippen LogP contribution >= 0.6 is 11.3 Å². The molecule has 1 aromatic carbocycles. The molecular formula is C10H14N2S. The van der Waals surface area contributed by atoms with E-state index in [1.165, 1.54) is 21.6 Å². The van der Waals surface area contributed by atoms with Gasteiger partial charge >= 0.3 is 0 Å². The van der Waals surface area contributed by atoms with E-state index in [0.29, 0.717) is 5.13 Å². The average Bonchev–Trinajstić information content (AvgIpc) is 2.48. The maximum atomic E-state index is 5.55. The van der Waals surface area contributed by atoms with Crippen LogP contribution in [0.3, 0.4) is 0 Å². The lowest BCUT2D eigenvalue weighted by Crippen LogP contribution is -1.78. The molecule has 0 aliphatic carbocycles. The molecule has 13 heavy (non-hydrogen) atoms. The van der Waals surface area contributed by atoms with E-state index in [4.69, 9.17) is 5.73 Å². The maximum absolute atomic E-state index is 5.55. The number of nitrogens with two attached hydrogens (primary N) is 1. The summed E-state index contributed by atoms with van der Waals surface area (Å²) in [6, 6.07) is 6.14. The smallest absolute Gasteiger partial charge is 0.181 e. The lowest BCUT2D eigenvalue weighted by Gasteiger charge is -1.88. The molecule has 0 radical (unpaired) electrons. The topological polar surface area (TPSA) is 38.9 Å². The van der Waals surface area contributed by atoms with E-state index in [-0.39, 0.29) is 0 Å². The Morgan fingerprint density at radius 1 is 1.31 bits per heavy atom. The Bertz CT molecular complexity index is 393. The third-order valence-electron chi connectivity index (χ3n) is 1.56. The Balaban J connectivity index is 0.000000396. The van der Waals surface area contributed by atoms with Crippen molar-refractivity contribution in [2.24, 2.45) is 0 Å². The van der Waals surface area contributed by atoms with Crippen LogP contribution in [0.25, 0.3) is 10.2 Å². The molecule has 1 aromatic heterocycles. The van der Waals surface area contributed by atoms with Gasteiger partial charge < -0.3 is 5.73 Å². The van der Waals surface area contributed by atoms with Crippen molar-refractivity contribution in [3.05, 3.63) is 23.8 Å². The zero-order valence-electron chi connectivity index (χ0n) is 8.16. The monoisotopic (exact) mass is 194 g/mol. The molecular weight excluding hydrogens is 180 g/mol. The van der Waals surface area contributed by atoms with Gasteiger partial charge in [0.05, 0.1) is 10.2 Å². The van der Waals surface area contributed by atoms with Crippen molar-refractivity contribution in [2.45, 2.75) is 20.8 Å². The maximum Gasteiger partial charge on any atom is 0.181 e. The summed E-state index contributed by atoms with van der Waals surface area (Å²) in [5.41, 5.74) is 7.80. The first-order valence-electron chi connectivity index (χ1n) is 4.38. The second-order valence-corrected chi connectivity index (χ2v) is 3.59. The number of nitrogen functional groups attached to an aromatic ring is 1. The summed E-state index contributed by atoms with van der Waals surface area (Å²) >= 11 is 1.53. The minimum Gasteiger partial charge on any atom is -0.375 e. The summed E-state index contributed by atoms with van der Waals surface area (Å²) in [5, 5.41) is 0.644. The third kappa shape index (κ3) is 2.18. The van der Waals surface area contributed by atoms with E-state index in [9.17, 15) is 0 Å². The standard InChI is InChI=1S/C8H8N2S.C2H6/c1-5-2-3-6-7(4-5)11-8(9)10-6;1-2/h2-4H,1H3,(H2,9,10);1-2H3. The molecule has 0 aliphatic rings. The lowest BCUT2D eigenvalue weighted by molar-refractivity contribution is 1.46. The molecule has 1 heterocycles. The van der Waals surface area contributed by atoms with Crippen LogP contribution in [0.15, 0.2) is 18.2 Å². The summed E-state index contributed by atoms with van der Waals surface area (Å²) in [5.74, 6) is 0. The molecule has 0 unspecified atom stereocenters. The highest BCUT2D eigenvalue weighted by atomic mass is 32.1. The fraction of sp³-hybridized carbons (Fsp3) is 0.300. The molecule has 0 spiro atoms. The molecule has 0 saturated heterocycles. The van der Waals surface area contributed by atoms with E-state index in [1.54, 1.807) is 0 Å². The van der Waals surface area contributed by atoms with Gasteiger partial charge in [0.1, 0.15) is 0 Å². The number of hydrogen-bond donors (Lipinski definition) is 1. The van der Waals surface area contributed by atoms with Crippen LogP contribution in [-0.4, -0.2) is 4.98 Å². The van der Waals surface area contributed by atoms with Crippen molar-refractivity contribution in [3.63, 3.8) is 0 Å². The second-order valence-electron chi connectivity index (χ2n) is 2.52. The SMILES string of the molecule is CC.Cc1ccc2nc(N)sc2c1. The van der Waals surface area contributed by atoms with Crippen molar-refractivity contribution in [3.8, 4) is 0 Å². The first kappa shape index (κ1) is 9.99. The van der Waals surface area contributed by atoms with Crippen LogP contribution in [0.1, 0.15) is 19.4 Å². The van der Waals surface area contributed by atoms with E-state index >= 15 is 0 Å². The van der Waals surface area contributed by atoms with Gasteiger partial charge in [-0.3, -0.25) is 0 Å². The van der Waals surface area contributed by atoms with Crippen LogP contribution in [0, 0.1) is 6.92 Å². The highest BCUT2D eigenvalue weighted by Crippen LogP contribution is 2.23. The summed E-state index contributed by atoms with van der Waals surface area (Å²) in [7, 11) is 0. The zero-order valence-corrected chi connectivity index (χ0v) is 8.98. The highest BCUT2D eigenvalue weighted by molar-refractivity contribution is 7.22. The van der Waals surface area contributed by atoms with Crippen LogP contribution in [0.5, 0.6) is 0 Å². The molecule has 0 amide bonds. The quantitative estimate of drug-likeness (QED) is 0.699. The number of nitrogens with zero attached hydrogens (tertiary/aromatic N) is 1. The van der Waals surface area contributed by atoms with Gasteiger partial charge in [0.2, 0.25) is 0 Å². The fourth-order valence-electron chi connectivity index (χ4n) is 1.05. The summed E-state index contributed by atoms with van der Waals surface area (Å²) in [6.07, 6.45) is 0. The Hall–Kier alpha value is -1.09. The number of aryl methyl sites for hydroxylation is 1. The van der Waals surface area contributed by atoms with Crippen molar-refractivity contribution in [1.82, 2.24) is 4.98 Å². The number of benzene rings is 1. The first-order chi connectivity index (χ1) is 6.25. The Labute approximate surface area is 82.4 Å². The minimum atomic E-state index is 0.644. The van der Waals surface area contributed by atoms with Crippen molar-refractivity contribution >= 4 is 26.7 Å². The molecule has 70 valence electrons. The molecule has 2 N–H and O–H groups in total. The Kier molecular flexibility index (Phi) is 3.25. The van der Waals surface area contributed by atoms with Crippen LogP contribution in [0.4, 0.5) is 5.13 Å². The molecule has 2 nitrogen and oxygen atoms in total. The number of rotatable bonds is 0. The third-order valence-corrected chi connectivity index (χ3v) is 2.41. The minimum absolute atomic E-state index is 0.644. The van der Waals surface area contributed by atoms with E-state index < -0.39 is 0 Å². The van der Waals surface area contributed by atoms with Crippen molar-refractivity contribution in [1.29, 1.82) is 0 Å². The summed E-state index contributed by atoms with van der Waals surface area (Å²) in [6.45, 7) is 6.06. The molecule has 0 saturated carbocycles. The number of aromatic nitrogens is 1. The van der Waals surface area contributed by atoms with Gasteiger partial charge in [-0.25, -0.2) is 4.98 Å². The highest BCUT2D eigenvalue weighted by Gasteiger charge is 1.98. The van der Waals surface area contributed by atoms with Gasteiger partial charge in [0.15, 0.2) is 5.13 Å². The van der Waals surface area contributed by atoms with Gasteiger partial charge in [-0.2, -0.15) is 0 Å². The number of anilines is 1. The predicted octanol–water partition coefficient (Wildman–Crippen LogP) is 3.21. The molecule has 3 heteroatoms. The average molecular weight is 194 g/mol. The van der Waals surface area contributed by atoms with Gasteiger partial charge in [-0.15, -0.1) is 0 Å². The summed E-state index contributed by atoms with van der Waals surface area (Å²) in [4.78, 5) is 4.15. The van der Waals surface area contributed by atoms with E-state index in [0.717, 1.165) is 5.52 Å². The zero-order chi connectivity index (χ0) is 9.84. The van der Waals surface area contributed by atoms with E-state index in [2.05, 4.69) is 18.0 Å². The molecule has 0 fully saturated rings. The van der Waals surface area contributed by atoms with Crippen molar-refractivity contribution in [2.75, 3.05) is 5.73 Å². The normalized spacial score (nSPS) is 9.46. The van der Waals surface area contributed by atoms with Crippen LogP contribution in [-0.2, 0) is 0 Å². The number of fused-ring (bicyclic) bond motifs is 1. The molecule has 0 atom stereocenters. The first-order valence-corrected chi connectivity index (χ1v) is 5.20. The van der Waals surface area contributed by atoms with E-state index in [1.807, 2.05) is 26.0 Å². The van der Waals surface area contributed by atoms with Gasteiger partial charge in [0.25, 0.3) is 0 Å². The molecule has 0 bridgehead atoms. The van der Waals surface area contributed by atoms with Crippen molar-refractivity contribution < 1.29 is 0 Å². The Morgan fingerprint density at radius 3 is 2.69 bits per heavy atom. The van der Waals surface area contributed by atoms with Gasteiger partial charge in [-0.05, 0) is 24.6 Å². The fourth-order valence-corrected chi connectivity index (χ4v) is 1.88.